The number of anilines is 3. The van der Waals surface area contributed by atoms with Crippen LogP contribution < -0.4 is 4.90 Å². The topological polar surface area (TPSA) is 16.4 Å². The maximum absolute atomic E-state index is 6.28. The Hall–Kier alpha value is -7.20. The van der Waals surface area contributed by atoms with Crippen LogP contribution in [0.2, 0.25) is 0 Å². The zero-order valence-electron chi connectivity index (χ0n) is 33.3. The number of fused-ring (bicyclic) bond motifs is 9. The molecule has 2 aromatic heterocycles. The standard InChI is InChI=1S/C57H39NOS/c1-57(2)49-17-7-3-13-44(49)47-35-39(26-32-50(47)57)42-12-4-8-18-51(42)58(40-28-22-36(23-29-40)38-27-33-55-48(34-38)45-14-6-10-21-54(45)60-55)41-30-24-37(25-31-41)43-16-11-20-53-56(43)46-15-5-9-19-52(46)59-53/h3-35H,1-2H3. The fourth-order valence-corrected chi connectivity index (χ4v) is 10.8. The molecule has 284 valence electrons. The van der Waals surface area contributed by atoms with Crippen LogP contribution in [0.5, 0.6) is 0 Å². The third kappa shape index (κ3) is 5.40. The highest BCUT2D eigenvalue weighted by Gasteiger charge is 2.35. The smallest absolute Gasteiger partial charge is 0.136 e. The summed E-state index contributed by atoms with van der Waals surface area (Å²) in [6.45, 7) is 4.69. The van der Waals surface area contributed by atoms with E-state index in [9.17, 15) is 0 Å². The average Bonchev–Trinajstić information content (AvgIpc) is 3.94. The Morgan fingerprint density at radius 1 is 0.400 bits per heavy atom. The third-order valence-electron chi connectivity index (χ3n) is 12.7. The van der Waals surface area contributed by atoms with Crippen molar-refractivity contribution in [2.45, 2.75) is 19.3 Å². The third-order valence-corrected chi connectivity index (χ3v) is 13.9. The Morgan fingerprint density at radius 3 is 1.83 bits per heavy atom. The summed E-state index contributed by atoms with van der Waals surface area (Å²) in [5.74, 6) is 0. The van der Waals surface area contributed by atoms with Crippen molar-refractivity contribution in [2.24, 2.45) is 0 Å². The first-order chi connectivity index (χ1) is 29.5. The molecule has 11 aromatic rings. The molecule has 0 unspecified atom stereocenters. The summed E-state index contributed by atoms with van der Waals surface area (Å²) >= 11 is 1.86. The lowest BCUT2D eigenvalue weighted by atomic mass is 9.82. The molecule has 12 rings (SSSR count). The van der Waals surface area contributed by atoms with E-state index >= 15 is 0 Å². The number of furan rings is 1. The molecule has 3 heteroatoms. The van der Waals surface area contributed by atoms with Crippen LogP contribution in [0.3, 0.4) is 0 Å². The van der Waals surface area contributed by atoms with Crippen molar-refractivity contribution in [1.82, 2.24) is 0 Å². The molecule has 0 radical (unpaired) electrons. The normalized spacial score (nSPS) is 13.0. The second kappa shape index (κ2) is 13.4. The van der Waals surface area contributed by atoms with E-state index < -0.39 is 0 Å². The van der Waals surface area contributed by atoms with Crippen LogP contribution in [0, 0.1) is 0 Å². The van der Waals surface area contributed by atoms with Gasteiger partial charge in [0.15, 0.2) is 0 Å². The Kier molecular flexibility index (Phi) is 7.79. The second-order valence-electron chi connectivity index (χ2n) is 16.5. The number of benzene rings is 9. The van der Waals surface area contributed by atoms with Crippen molar-refractivity contribution < 1.29 is 4.42 Å². The summed E-state index contributed by atoms with van der Waals surface area (Å²) < 4.78 is 8.92. The first-order valence-electron chi connectivity index (χ1n) is 20.7. The predicted molar refractivity (Wildman–Crippen MR) is 255 cm³/mol. The molecule has 0 fully saturated rings. The van der Waals surface area contributed by atoms with Gasteiger partial charge >= 0.3 is 0 Å². The molecule has 0 N–H and O–H groups in total. The van der Waals surface area contributed by atoms with Crippen LogP contribution in [0.4, 0.5) is 17.1 Å². The molecular weight excluding hydrogens is 747 g/mol. The van der Waals surface area contributed by atoms with Crippen molar-refractivity contribution in [3.8, 4) is 44.5 Å². The van der Waals surface area contributed by atoms with Gasteiger partial charge in [-0.25, -0.2) is 0 Å². The summed E-state index contributed by atoms with van der Waals surface area (Å²) in [7, 11) is 0. The fourth-order valence-electron chi connectivity index (χ4n) is 9.74. The molecular formula is C57H39NOS. The van der Waals surface area contributed by atoms with E-state index in [0.717, 1.165) is 50.1 Å². The van der Waals surface area contributed by atoms with Crippen LogP contribution in [0.1, 0.15) is 25.0 Å². The molecule has 0 spiro atoms. The van der Waals surface area contributed by atoms with Crippen LogP contribution >= 0.6 is 11.3 Å². The van der Waals surface area contributed by atoms with Crippen LogP contribution in [-0.4, -0.2) is 0 Å². The van der Waals surface area contributed by atoms with Gasteiger partial charge < -0.3 is 9.32 Å². The lowest BCUT2D eigenvalue weighted by Crippen LogP contribution is -2.14. The Morgan fingerprint density at radius 2 is 1.00 bits per heavy atom. The number of hydrogen-bond acceptors (Lipinski definition) is 3. The summed E-state index contributed by atoms with van der Waals surface area (Å²) in [5.41, 5.74) is 17.6. The molecule has 0 saturated heterocycles. The highest BCUT2D eigenvalue weighted by molar-refractivity contribution is 7.25. The molecule has 0 amide bonds. The van der Waals surface area contributed by atoms with Crippen molar-refractivity contribution in [3.63, 3.8) is 0 Å². The van der Waals surface area contributed by atoms with Gasteiger partial charge in [-0.3, -0.25) is 0 Å². The van der Waals surface area contributed by atoms with Crippen LogP contribution in [0.25, 0.3) is 86.6 Å². The van der Waals surface area contributed by atoms with Gasteiger partial charge in [0.2, 0.25) is 0 Å². The van der Waals surface area contributed by atoms with Crippen molar-refractivity contribution in [2.75, 3.05) is 4.90 Å². The van der Waals surface area contributed by atoms with Gasteiger partial charge in [0, 0.05) is 53.3 Å². The van der Waals surface area contributed by atoms with Gasteiger partial charge in [0.1, 0.15) is 11.2 Å². The summed E-state index contributed by atoms with van der Waals surface area (Å²) in [6.07, 6.45) is 0. The maximum Gasteiger partial charge on any atom is 0.136 e. The molecule has 2 heterocycles. The molecule has 2 nitrogen and oxygen atoms in total. The highest BCUT2D eigenvalue weighted by atomic mass is 32.1. The minimum Gasteiger partial charge on any atom is -0.456 e. The number of thiophene rings is 1. The maximum atomic E-state index is 6.28. The SMILES string of the molecule is CC1(C)c2ccccc2-c2cc(-c3ccccc3N(c3ccc(-c4ccc5sc6ccccc6c5c4)cc3)c3ccc(-c4cccc5oc6ccccc6c45)cc3)ccc21. The van der Waals surface area contributed by atoms with E-state index in [4.69, 9.17) is 4.42 Å². The Labute approximate surface area is 353 Å². The van der Waals surface area contributed by atoms with Crippen LogP contribution in [0.15, 0.2) is 205 Å². The molecule has 0 saturated carbocycles. The fraction of sp³-hybridized carbons (Fsp3) is 0.0526. The Bertz CT molecular complexity index is 3460. The number of rotatable bonds is 6. The van der Waals surface area contributed by atoms with E-state index in [1.807, 2.05) is 23.5 Å². The van der Waals surface area contributed by atoms with Gasteiger partial charge in [-0.05, 0) is 117 Å². The van der Waals surface area contributed by atoms with Gasteiger partial charge in [0.25, 0.3) is 0 Å². The largest absolute Gasteiger partial charge is 0.456 e. The van der Waals surface area contributed by atoms with Gasteiger partial charge in [-0.1, -0.05) is 147 Å². The quantitative estimate of drug-likeness (QED) is 0.167. The molecule has 0 atom stereocenters. The van der Waals surface area contributed by atoms with Crippen molar-refractivity contribution in [1.29, 1.82) is 0 Å². The summed E-state index contributed by atoms with van der Waals surface area (Å²) in [6, 6.07) is 73.2. The van der Waals surface area contributed by atoms with E-state index in [1.54, 1.807) is 0 Å². The first kappa shape index (κ1) is 34.8. The molecule has 0 aliphatic heterocycles. The first-order valence-corrected chi connectivity index (χ1v) is 21.5. The minimum atomic E-state index is -0.0480. The van der Waals surface area contributed by atoms with Crippen LogP contribution in [-0.2, 0) is 5.41 Å². The van der Waals surface area contributed by atoms with E-state index in [-0.39, 0.29) is 5.41 Å². The zero-order chi connectivity index (χ0) is 40.0. The lowest BCUT2D eigenvalue weighted by molar-refractivity contribution is 0.660. The monoisotopic (exact) mass is 785 g/mol. The van der Waals surface area contributed by atoms with Gasteiger partial charge in [0.05, 0.1) is 5.69 Å². The van der Waals surface area contributed by atoms with Crippen molar-refractivity contribution >= 4 is 70.5 Å². The van der Waals surface area contributed by atoms with E-state index in [1.165, 1.54) is 64.7 Å². The van der Waals surface area contributed by atoms with E-state index in [2.05, 4.69) is 207 Å². The molecule has 9 aromatic carbocycles. The molecule has 60 heavy (non-hydrogen) atoms. The number of nitrogens with zero attached hydrogens (tertiary/aromatic N) is 1. The predicted octanol–water partition coefficient (Wildman–Crippen LogP) is 16.7. The van der Waals surface area contributed by atoms with Gasteiger partial charge in [-0.2, -0.15) is 0 Å². The molecule has 1 aliphatic carbocycles. The van der Waals surface area contributed by atoms with Gasteiger partial charge in [-0.15, -0.1) is 11.3 Å². The Balaban J connectivity index is 0.994. The average molecular weight is 786 g/mol. The molecule has 1 aliphatic rings. The molecule has 0 bridgehead atoms. The highest BCUT2D eigenvalue weighted by Crippen LogP contribution is 2.51. The lowest BCUT2D eigenvalue weighted by Gasteiger charge is -2.28. The minimum absolute atomic E-state index is 0.0480. The van der Waals surface area contributed by atoms with E-state index in [0.29, 0.717) is 0 Å². The second-order valence-corrected chi connectivity index (χ2v) is 17.5. The summed E-state index contributed by atoms with van der Waals surface area (Å²) in [4.78, 5) is 2.41. The van der Waals surface area contributed by atoms with Crippen molar-refractivity contribution in [3.05, 3.63) is 211 Å². The zero-order valence-corrected chi connectivity index (χ0v) is 34.1. The number of hydrogen-bond donors (Lipinski definition) is 0. The summed E-state index contributed by atoms with van der Waals surface area (Å²) in [5, 5.41) is 4.91. The number of para-hydroxylation sites is 2.